The van der Waals surface area contributed by atoms with Gasteiger partial charge in [-0.05, 0) is 19.8 Å². The van der Waals surface area contributed by atoms with Gasteiger partial charge in [0.25, 0.3) is 0 Å². The van der Waals surface area contributed by atoms with Gasteiger partial charge >= 0.3 is 5.97 Å². The molecule has 0 unspecified atom stereocenters. The maximum absolute atomic E-state index is 10.3. The predicted molar refractivity (Wildman–Crippen MR) is 72.1 cm³/mol. The number of carbonyl (C=O) groups excluding carboxylic acids is 1. The minimum absolute atomic E-state index is 0.246. The fraction of sp³-hybridized carbons (Fsp3) is 0.786. The zero-order chi connectivity index (χ0) is 13.4. The number of unbranched alkanes of at least 4 members (excludes halogenated alkanes) is 2. The Morgan fingerprint density at radius 3 is 2.24 bits per heavy atom. The quantitative estimate of drug-likeness (QED) is 0.371. The molecule has 102 valence electrons. The molecule has 0 N–H and O–H groups in total. The molecule has 3 heteroatoms. The highest BCUT2D eigenvalue weighted by molar-refractivity contribution is 5.65. The van der Waals surface area contributed by atoms with Gasteiger partial charge in [0.1, 0.15) is 6.61 Å². The highest BCUT2D eigenvalue weighted by Gasteiger charge is 1.91. The van der Waals surface area contributed by atoms with Gasteiger partial charge in [0.2, 0.25) is 0 Å². The molecule has 3 nitrogen and oxygen atoms in total. The zero-order valence-corrected chi connectivity index (χ0v) is 11.8. The summed E-state index contributed by atoms with van der Waals surface area (Å²) >= 11 is 0. The van der Waals surface area contributed by atoms with E-state index in [1.165, 1.54) is 19.8 Å². The van der Waals surface area contributed by atoms with E-state index in [9.17, 15) is 4.79 Å². The summed E-state index contributed by atoms with van der Waals surface area (Å²) in [5, 5.41) is 0. The third-order valence-electron chi connectivity index (χ3n) is 1.87. The first-order valence-corrected chi connectivity index (χ1v) is 6.51. The van der Waals surface area contributed by atoms with Crippen molar-refractivity contribution in [1.29, 1.82) is 0 Å². The number of esters is 1. The van der Waals surface area contributed by atoms with E-state index in [0.29, 0.717) is 13.2 Å². The number of hydrogen-bond donors (Lipinski definition) is 0. The van der Waals surface area contributed by atoms with Crippen LogP contribution in [0.1, 0.15) is 53.4 Å². The highest BCUT2D eigenvalue weighted by atomic mass is 16.6. The van der Waals surface area contributed by atoms with Crippen molar-refractivity contribution in [1.82, 2.24) is 0 Å². The average Bonchev–Trinajstić information content (AvgIpc) is 2.31. The Bertz CT molecular complexity index is 176. The fourth-order valence-corrected chi connectivity index (χ4v) is 0.926. The van der Waals surface area contributed by atoms with Gasteiger partial charge in [0.15, 0.2) is 0 Å². The van der Waals surface area contributed by atoms with Crippen LogP contribution in [0.15, 0.2) is 12.2 Å². The van der Waals surface area contributed by atoms with Gasteiger partial charge < -0.3 is 9.47 Å². The SMILES string of the molecule is CC=CCCC.CCCCOCCOC(C)=O. The monoisotopic (exact) mass is 244 g/mol. The number of carbonyl (C=O) groups is 1. The van der Waals surface area contributed by atoms with Gasteiger partial charge in [-0.15, -0.1) is 0 Å². The summed E-state index contributed by atoms with van der Waals surface area (Å²) < 4.78 is 9.81. The van der Waals surface area contributed by atoms with Crippen molar-refractivity contribution in [2.24, 2.45) is 0 Å². The van der Waals surface area contributed by atoms with Crippen molar-refractivity contribution in [3.05, 3.63) is 12.2 Å². The second-order valence-electron chi connectivity index (χ2n) is 3.66. The molecular weight excluding hydrogens is 216 g/mol. The lowest BCUT2D eigenvalue weighted by molar-refractivity contribution is -0.142. The van der Waals surface area contributed by atoms with Crippen LogP contribution >= 0.6 is 0 Å². The molecule has 0 atom stereocenters. The molecule has 0 aliphatic rings. The zero-order valence-electron chi connectivity index (χ0n) is 11.8. The van der Waals surface area contributed by atoms with Crippen LogP contribution in [-0.4, -0.2) is 25.8 Å². The van der Waals surface area contributed by atoms with E-state index in [1.54, 1.807) is 0 Å². The third kappa shape index (κ3) is 25.4. The molecule has 0 aliphatic heterocycles. The highest BCUT2D eigenvalue weighted by Crippen LogP contribution is 1.87. The van der Waals surface area contributed by atoms with Crippen LogP contribution in [0.2, 0.25) is 0 Å². The van der Waals surface area contributed by atoms with Crippen LogP contribution in [-0.2, 0) is 14.3 Å². The molecule has 0 saturated heterocycles. The summed E-state index contributed by atoms with van der Waals surface area (Å²) in [6, 6.07) is 0. The van der Waals surface area contributed by atoms with Gasteiger partial charge in [-0.3, -0.25) is 4.79 Å². The lowest BCUT2D eigenvalue weighted by atomic mass is 10.3. The normalized spacial score (nSPS) is 9.88. The van der Waals surface area contributed by atoms with E-state index in [2.05, 4.69) is 37.7 Å². The minimum atomic E-state index is -0.246. The Morgan fingerprint density at radius 1 is 1.12 bits per heavy atom. The van der Waals surface area contributed by atoms with E-state index in [-0.39, 0.29) is 5.97 Å². The van der Waals surface area contributed by atoms with Crippen molar-refractivity contribution in [3.63, 3.8) is 0 Å². The van der Waals surface area contributed by atoms with E-state index in [1.807, 2.05) is 0 Å². The average molecular weight is 244 g/mol. The van der Waals surface area contributed by atoms with Crippen molar-refractivity contribution in [3.8, 4) is 0 Å². The Labute approximate surface area is 106 Å². The fourth-order valence-electron chi connectivity index (χ4n) is 0.926. The first kappa shape index (κ1) is 18.5. The Hall–Kier alpha value is -0.830. The second-order valence-corrected chi connectivity index (χ2v) is 3.66. The van der Waals surface area contributed by atoms with E-state index in [0.717, 1.165) is 19.4 Å². The summed E-state index contributed by atoms with van der Waals surface area (Å²) in [6.07, 6.45) is 8.97. The number of allylic oxidation sites excluding steroid dienone is 2. The molecule has 0 rings (SSSR count). The van der Waals surface area contributed by atoms with E-state index >= 15 is 0 Å². The summed E-state index contributed by atoms with van der Waals surface area (Å²) in [7, 11) is 0. The van der Waals surface area contributed by atoms with Crippen molar-refractivity contribution in [2.45, 2.75) is 53.4 Å². The summed E-state index contributed by atoms with van der Waals surface area (Å²) in [5.74, 6) is -0.246. The van der Waals surface area contributed by atoms with Gasteiger partial charge in [0.05, 0.1) is 6.61 Å². The molecule has 0 aromatic carbocycles. The first-order chi connectivity index (χ1) is 8.18. The maximum Gasteiger partial charge on any atom is 0.302 e. The molecule has 0 spiro atoms. The standard InChI is InChI=1S/C8H16O3.C6H12/c1-3-4-5-10-6-7-11-8(2)9;1-3-5-6-4-2/h3-7H2,1-2H3;3,5H,4,6H2,1-2H3. The molecule has 17 heavy (non-hydrogen) atoms. The lowest BCUT2D eigenvalue weighted by Gasteiger charge is -2.02. The van der Waals surface area contributed by atoms with Crippen LogP contribution in [0.4, 0.5) is 0 Å². The Balaban J connectivity index is 0. The van der Waals surface area contributed by atoms with Gasteiger partial charge in [0, 0.05) is 13.5 Å². The maximum atomic E-state index is 10.3. The molecule has 0 heterocycles. The Morgan fingerprint density at radius 2 is 1.82 bits per heavy atom. The first-order valence-electron chi connectivity index (χ1n) is 6.51. The largest absolute Gasteiger partial charge is 0.463 e. The molecule has 0 aliphatic carbocycles. The molecule has 0 radical (unpaired) electrons. The topological polar surface area (TPSA) is 35.5 Å². The second kappa shape index (κ2) is 17.6. The van der Waals surface area contributed by atoms with Gasteiger partial charge in [-0.2, -0.15) is 0 Å². The summed E-state index contributed by atoms with van der Waals surface area (Å²) in [6.45, 7) is 9.38. The van der Waals surface area contributed by atoms with Crippen molar-refractivity contribution >= 4 is 5.97 Å². The molecular formula is C14H28O3. The molecule has 0 amide bonds. The molecule has 0 aromatic rings. The van der Waals surface area contributed by atoms with Crippen LogP contribution in [0.5, 0.6) is 0 Å². The van der Waals surface area contributed by atoms with E-state index in [4.69, 9.17) is 4.74 Å². The predicted octanol–water partition coefficient (Wildman–Crippen LogP) is 3.73. The van der Waals surface area contributed by atoms with Crippen LogP contribution in [0.3, 0.4) is 0 Å². The number of hydrogen-bond acceptors (Lipinski definition) is 3. The number of ether oxygens (including phenoxy) is 2. The van der Waals surface area contributed by atoms with Gasteiger partial charge in [-0.1, -0.05) is 38.8 Å². The summed E-state index contributed by atoms with van der Waals surface area (Å²) in [5.41, 5.74) is 0. The summed E-state index contributed by atoms with van der Waals surface area (Å²) in [4.78, 5) is 10.3. The molecule has 0 aromatic heterocycles. The smallest absolute Gasteiger partial charge is 0.302 e. The number of rotatable bonds is 8. The Kier molecular flexibility index (Phi) is 19.1. The minimum Gasteiger partial charge on any atom is -0.463 e. The van der Waals surface area contributed by atoms with Crippen molar-refractivity contribution in [2.75, 3.05) is 19.8 Å². The molecule has 0 fully saturated rings. The van der Waals surface area contributed by atoms with Crippen LogP contribution < -0.4 is 0 Å². The third-order valence-corrected chi connectivity index (χ3v) is 1.87. The van der Waals surface area contributed by atoms with E-state index < -0.39 is 0 Å². The molecule has 0 saturated carbocycles. The van der Waals surface area contributed by atoms with Crippen LogP contribution in [0.25, 0.3) is 0 Å². The van der Waals surface area contributed by atoms with Crippen molar-refractivity contribution < 1.29 is 14.3 Å². The lowest BCUT2D eigenvalue weighted by Crippen LogP contribution is -2.07. The van der Waals surface area contributed by atoms with Crippen LogP contribution in [0, 0.1) is 0 Å². The molecule has 0 bridgehead atoms. The van der Waals surface area contributed by atoms with Gasteiger partial charge in [-0.25, -0.2) is 0 Å².